The highest BCUT2D eigenvalue weighted by molar-refractivity contribution is 5.74. The van der Waals surface area contributed by atoms with Crippen LogP contribution in [0, 0.1) is 0 Å². The van der Waals surface area contributed by atoms with Crippen molar-refractivity contribution in [3.8, 4) is 5.75 Å². The molecule has 1 heterocycles. The van der Waals surface area contributed by atoms with Gasteiger partial charge in [0.1, 0.15) is 5.75 Å². The topological polar surface area (TPSA) is 68.8 Å². The van der Waals surface area contributed by atoms with Crippen LogP contribution < -0.4 is 15.4 Å². The van der Waals surface area contributed by atoms with Crippen LogP contribution in [0.2, 0.25) is 0 Å². The Kier molecular flexibility index (Phi) is 6.67. The van der Waals surface area contributed by atoms with Crippen molar-refractivity contribution < 1.29 is 19.0 Å². The smallest absolute Gasteiger partial charge is 0.314 e. The number of benzene rings is 1. The van der Waals surface area contributed by atoms with Gasteiger partial charge in [0.15, 0.2) is 0 Å². The van der Waals surface area contributed by atoms with E-state index in [1.165, 1.54) is 5.56 Å². The molecule has 0 bridgehead atoms. The lowest BCUT2D eigenvalue weighted by molar-refractivity contribution is 0.0506. The number of hydrogen-bond acceptors (Lipinski definition) is 4. The highest BCUT2D eigenvalue weighted by Gasteiger charge is 2.34. The second kappa shape index (κ2) is 8.74. The first-order chi connectivity index (χ1) is 11.2. The lowest BCUT2D eigenvalue weighted by Gasteiger charge is -2.38. The van der Waals surface area contributed by atoms with Gasteiger partial charge in [-0.2, -0.15) is 0 Å². The molecule has 0 aliphatic carbocycles. The Morgan fingerprint density at radius 3 is 2.48 bits per heavy atom. The summed E-state index contributed by atoms with van der Waals surface area (Å²) in [6.07, 6.45) is 1.77. The minimum atomic E-state index is -0.165. The molecule has 0 atom stereocenters. The summed E-state index contributed by atoms with van der Waals surface area (Å²) in [7, 11) is 3.27. The van der Waals surface area contributed by atoms with Crippen LogP contribution in [-0.4, -0.2) is 53.2 Å². The molecule has 2 N–H and O–H groups in total. The first-order valence-electron chi connectivity index (χ1n) is 7.93. The second-order valence-corrected chi connectivity index (χ2v) is 5.72. The average molecular weight is 322 g/mol. The fraction of sp³-hybridized carbons (Fsp3) is 0.588. The van der Waals surface area contributed by atoms with Gasteiger partial charge in [0.25, 0.3) is 0 Å². The molecule has 128 valence electrons. The summed E-state index contributed by atoms with van der Waals surface area (Å²) in [5.74, 6) is 0.834. The zero-order valence-electron chi connectivity index (χ0n) is 13.9. The van der Waals surface area contributed by atoms with Crippen molar-refractivity contribution in [2.75, 3.05) is 47.1 Å². The van der Waals surface area contributed by atoms with E-state index in [2.05, 4.69) is 22.8 Å². The number of urea groups is 1. The molecule has 0 radical (unpaired) electrons. The van der Waals surface area contributed by atoms with E-state index in [0.717, 1.165) is 18.6 Å². The van der Waals surface area contributed by atoms with Gasteiger partial charge in [0.2, 0.25) is 0 Å². The van der Waals surface area contributed by atoms with E-state index in [0.29, 0.717) is 32.9 Å². The number of amides is 2. The molecule has 1 aromatic rings. The van der Waals surface area contributed by atoms with E-state index in [1.807, 2.05) is 12.1 Å². The van der Waals surface area contributed by atoms with Crippen LogP contribution in [0.3, 0.4) is 0 Å². The normalized spacial score (nSPS) is 16.6. The first-order valence-corrected chi connectivity index (χ1v) is 7.93. The van der Waals surface area contributed by atoms with Crippen molar-refractivity contribution in [3.05, 3.63) is 29.8 Å². The van der Waals surface area contributed by atoms with Crippen molar-refractivity contribution in [1.82, 2.24) is 10.6 Å². The Hall–Kier alpha value is -1.79. The van der Waals surface area contributed by atoms with E-state index < -0.39 is 0 Å². The van der Waals surface area contributed by atoms with Crippen LogP contribution in [-0.2, 0) is 14.9 Å². The molecule has 0 unspecified atom stereocenters. The van der Waals surface area contributed by atoms with Gasteiger partial charge in [-0.15, -0.1) is 0 Å². The quantitative estimate of drug-likeness (QED) is 0.750. The van der Waals surface area contributed by atoms with Gasteiger partial charge >= 0.3 is 6.03 Å². The largest absolute Gasteiger partial charge is 0.497 e. The van der Waals surface area contributed by atoms with Gasteiger partial charge in [0.05, 0.1) is 13.7 Å². The molecule has 2 amide bonds. The van der Waals surface area contributed by atoms with Crippen molar-refractivity contribution in [3.63, 3.8) is 0 Å². The van der Waals surface area contributed by atoms with Gasteiger partial charge in [-0.05, 0) is 30.5 Å². The summed E-state index contributed by atoms with van der Waals surface area (Å²) in [5.41, 5.74) is 1.11. The number of carbonyl (C=O) groups is 1. The van der Waals surface area contributed by atoms with E-state index in [1.54, 1.807) is 14.2 Å². The Labute approximate surface area is 137 Å². The number of hydrogen-bond donors (Lipinski definition) is 2. The van der Waals surface area contributed by atoms with Crippen molar-refractivity contribution in [1.29, 1.82) is 0 Å². The highest BCUT2D eigenvalue weighted by Crippen LogP contribution is 2.35. The molecule has 1 aromatic carbocycles. The predicted octanol–water partition coefficient (Wildman–Crippen LogP) is 1.69. The highest BCUT2D eigenvalue weighted by atomic mass is 16.5. The maximum absolute atomic E-state index is 11.9. The lowest BCUT2D eigenvalue weighted by Crippen LogP contribution is -2.47. The van der Waals surface area contributed by atoms with E-state index in [9.17, 15) is 4.79 Å². The van der Waals surface area contributed by atoms with Gasteiger partial charge in [0, 0.05) is 38.8 Å². The van der Waals surface area contributed by atoms with E-state index in [-0.39, 0.29) is 11.4 Å². The summed E-state index contributed by atoms with van der Waals surface area (Å²) >= 11 is 0. The third-order valence-corrected chi connectivity index (χ3v) is 4.33. The molecular weight excluding hydrogens is 296 g/mol. The molecule has 6 heteroatoms. The van der Waals surface area contributed by atoms with Crippen LogP contribution in [0.5, 0.6) is 5.75 Å². The Balaban J connectivity index is 2.01. The third-order valence-electron chi connectivity index (χ3n) is 4.33. The van der Waals surface area contributed by atoms with Gasteiger partial charge in [-0.3, -0.25) is 0 Å². The number of carbonyl (C=O) groups excluding carboxylic acids is 1. The number of nitrogens with one attached hydrogen (secondary N) is 2. The molecule has 1 saturated heterocycles. The van der Waals surface area contributed by atoms with Crippen LogP contribution in [0.15, 0.2) is 24.3 Å². The summed E-state index contributed by atoms with van der Waals surface area (Å²) in [4.78, 5) is 11.9. The molecule has 23 heavy (non-hydrogen) atoms. The van der Waals surface area contributed by atoms with Crippen LogP contribution >= 0.6 is 0 Å². The van der Waals surface area contributed by atoms with E-state index >= 15 is 0 Å². The zero-order chi connectivity index (χ0) is 16.5. The molecule has 1 aliphatic rings. The Morgan fingerprint density at radius 1 is 1.17 bits per heavy atom. The van der Waals surface area contributed by atoms with Crippen molar-refractivity contribution in [2.24, 2.45) is 0 Å². The molecule has 1 fully saturated rings. The average Bonchev–Trinajstić information content (AvgIpc) is 2.61. The molecule has 0 saturated carbocycles. The van der Waals surface area contributed by atoms with Gasteiger partial charge in [-0.1, -0.05) is 12.1 Å². The predicted molar refractivity (Wildman–Crippen MR) is 88.0 cm³/mol. The molecular formula is C17H26N2O4. The lowest BCUT2D eigenvalue weighted by atomic mass is 9.74. The molecule has 0 aromatic heterocycles. The fourth-order valence-corrected chi connectivity index (χ4v) is 2.85. The SMILES string of the molecule is COCCNC(=O)NCC1(c2ccc(OC)cc2)CCOCC1. The van der Waals surface area contributed by atoms with Gasteiger partial charge in [-0.25, -0.2) is 4.79 Å². The van der Waals surface area contributed by atoms with Crippen LogP contribution in [0.25, 0.3) is 0 Å². The summed E-state index contributed by atoms with van der Waals surface area (Å²) < 4.78 is 15.7. The maximum atomic E-state index is 11.9. The first kappa shape index (κ1) is 17.6. The van der Waals surface area contributed by atoms with Gasteiger partial charge < -0.3 is 24.8 Å². The maximum Gasteiger partial charge on any atom is 0.314 e. The third kappa shape index (κ3) is 4.84. The standard InChI is InChI=1S/C17H26N2O4/c1-21-12-9-18-16(20)19-13-17(7-10-23-11-8-17)14-3-5-15(22-2)6-4-14/h3-6H,7-13H2,1-2H3,(H2,18,19,20). The molecule has 6 nitrogen and oxygen atoms in total. The number of ether oxygens (including phenoxy) is 3. The number of rotatable bonds is 7. The molecule has 0 spiro atoms. The monoisotopic (exact) mass is 322 g/mol. The van der Waals surface area contributed by atoms with Crippen molar-refractivity contribution >= 4 is 6.03 Å². The minimum absolute atomic E-state index is 0.0941. The summed E-state index contributed by atoms with van der Waals surface area (Å²) in [6, 6.07) is 7.92. The number of methoxy groups -OCH3 is 2. The zero-order valence-corrected chi connectivity index (χ0v) is 13.9. The minimum Gasteiger partial charge on any atom is -0.497 e. The summed E-state index contributed by atoms with van der Waals surface area (Å²) in [6.45, 7) is 3.01. The Bertz CT molecular complexity index is 484. The molecule has 1 aliphatic heterocycles. The molecule has 2 rings (SSSR count). The van der Waals surface area contributed by atoms with Crippen LogP contribution in [0.1, 0.15) is 18.4 Å². The fourth-order valence-electron chi connectivity index (χ4n) is 2.85. The van der Waals surface area contributed by atoms with Crippen LogP contribution in [0.4, 0.5) is 4.79 Å². The van der Waals surface area contributed by atoms with Crippen molar-refractivity contribution in [2.45, 2.75) is 18.3 Å². The summed E-state index contributed by atoms with van der Waals surface area (Å²) in [5, 5.41) is 5.77. The Morgan fingerprint density at radius 2 is 1.87 bits per heavy atom. The van der Waals surface area contributed by atoms with E-state index in [4.69, 9.17) is 14.2 Å². The second-order valence-electron chi connectivity index (χ2n) is 5.72.